The number of esters is 1. The van der Waals surface area contributed by atoms with Crippen molar-refractivity contribution in [1.82, 2.24) is 0 Å². The molecule has 0 aromatic heterocycles. The fourth-order valence-electron chi connectivity index (χ4n) is 0.460. The first-order valence-corrected chi connectivity index (χ1v) is 3.65. The molecule has 0 amide bonds. The van der Waals surface area contributed by atoms with E-state index in [1.165, 1.54) is 12.3 Å². The molecule has 0 bridgehead atoms. The van der Waals surface area contributed by atoms with Crippen molar-refractivity contribution in [1.29, 1.82) is 0 Å². The topological polar surface area (TPSA) is 26.3 Å². The maximum atomic E-state index is 10.8. The number of rotatable bonds is 4. The van der Waals surface area contributed by atoms with Crippen molar-refractivity contribution < 1.29 is 9.53 Å². The summed E-state index contributed by atoms with van der Waals surface area (Å²) in [6, 6.07) is 0. The summed E-state index contributed by atoms with van der Waals surface area (Å²) < 4.78 is 4.60. The van der Waals surface area contributed by atoms with E-state index >= 15 is 0 Å². The van der Waals surface area contributed by atoms with Crippen LogP contribution in [0.1, 0.15) is 13.3 Å². The van der Waals surface area contributed by atoms with Gasteiger partial charge in [0.2, 0.25) is 0 Å². The molecule has 0 heterocycles. The zero-order valence-electron chi connectivity index (χ0n) is 7.12. The van der Waals surface area contributed by atoms with Gasteiger partial charge in [-0.2, -0.15) is 0 Å². The third-order valence-corrected chi connectivity index (χ3v) is 0.966. The predicted molar refractivity (Wildman–Crippen MR) is 48.4 cm³/mol. The molecule has 0 aliphatic heterocycles. The van der Waals surface area contributed by atoms with Crippen molar-refractivity contribution in [2.75, 3.05) is 0 Å². The molecule has 64 valence electrons. The van der Waals surface area contributed by atoms with Crippen molar-refractivity contribution >= 4 is 5.97 Å². The SMILES string of the molecule is C=CCC=CC(=O)OC=C=CC. The van der Waals surface area contributed by atoms with E-state index in [2.05, 4.69) is 17.0 Å². The number of hydrogen-bond donors (Lipinski definition) is 0. The van der Waals surface area contributed by atoms with Crippen LogP contribution in [0, 0.1) is 0 Å². The predicted octanol–water partition coefficient (Wildman–Crippen LogP) is 2.35. The van der Waals surface area contributed by atoms with Gasteiger partial charge in [0, 0.05) is 6.08 Å². The van der Waals surface area contributed by atoms with Gasteiger partial charge in [-0.3, -0.25) is 0 Å². The summed E-state index contributed by atoms with van der Waals surface area (Å²) in [7, 11) is 0. The molecule has 0 saturated carbocycles. The summed E-state index contributed by atoms with van der Waals surface area (Å²) in [5.74, 6) is -0.397. The Labute approximate surface area is 72.5 Å². The first-order valence-electron chi connectivity index (χ1n) is 3.65. The molecule has 0 aromatic rings. The van der Waals surface area contributed by atoms with Crippen LogP contribution in [-0.2, 0) is 9.53 Å². The molecule has 0 saturated heterocycles. The summed E-state index contributed by atoms with van der Waals surface area (Å²) in [6.45, 7) is 5.29. The number of carbonyl (C=O) groups excluding carboxylic acids is 1. The summed E-state index contributed by atoms with van der Waals surface area (Å²) in [6.07, 6.45) is 8.28. The van der Waals surface area contributed by atoms with Crippen molar-refractivity contribution in [3.05, 3.63) is 42.9 Å². The lowest BCUT2D eigenvalue weighted by atomic mass is 10.4. The molecular formula is C10H12O2. The van der Waals surface area contributed by atoms with E-state index in [0.29, 0.717) is 6.42 Å². The lowest BCUT2D eigenvalue weighted by Gasteiger charge is -1.87. The Morgan fingerprint density at radius 1 is 1.67 bits per heavy atom. The Kier molecular flexibility index (Phi) is 6.61. The van der Waals surface area contributed by atoms with Gasteiger partial charge in [0.15, 0.2) is 0 Å². The summed E-state index contributed by atoms with van der Waals surface area (Å²) in [4.78, 5) is 10.8. The first-order chi connectivity index (χ1) is 5.81. The van der Waals surface area contributed by atoms with Crippen LogP contribution in [0.3, 0.4) is 0 Å². The molecule has 0 aromatic carbocycles. The van der Waals surface area contributed by atoms with Crippen LogP contribution in [0.4, 0.5) is 0 Å². The van der Waals surface area contributed by atoms with E-state index in [-0.39, 0.29) is 0 Å². The second kappa shape index (κ2) is 7.58. The quantitative estimate of drug-likeness (QED) is 0.209. The van der Waals surface area contributed by atoms with E-state index in [1.807, 2.05) is 0 Å². The minimum absolute atomic E-state index is 0.397. The first kappa shape index (κ1) is 10.5. The average Bonchev–Trinajstić information content (AvgIpc) is 2.06. The molecule has 0 radical (unpaired) electrons. The summed E-state index contributed by atoms with van der Waals surface area (Å²) >= 11 is 0. The Morgan fingerprint density at radius 2 is 2.42 bits per heavy atom. The Balaban J connectivity index is 3.73. The van der Waals surface area contributed by atoms with E-state index < -0.39 is 5.97 Å². The minimum atomic E-state index is -0.397. The van der Waals surface area contributed by atoms with Crippen LogP contribution in [0.2, 0.25) is 0 Å². The van der Waals surface area contributed by atoms with Crippen molar-refractivity contribution in [2.45, 2.75) is 13.3 Å². The zero-order chi connectivity index (χ0) is 9.23. The Hall–Kier alpha value is -1.53. The normalized spacial score (nSPS) is 8.75. The second-order valence-corrected chi connectivity index (χ2v) is 1.94. The Bertz CT molecular complexity index is 230. The highest BCUT2D eigenvalue weighted by Gasteiger charge is 1.89. The highest BCUT2D eigenvalue weighted by Crippen LogP contribution is 1.86. The monoisotopic (exact) mass is 164 g/mol. The summed E-state index contributed by atoms with van der Waals surface area (Å²) in [5, 5.41) is 0. The van der Waals surface area contributed by atoms with Crippen LogP contribution in [0.15, 0.2) is 42.9 Å². The third-order valence-electron chi connectivity index (χ3n) is 0.966. The van der Waals surface area contributed by atoms with Gasteiger partial charge in [0.05, 0.1) is 0 Å². The lowest BCUT2D eigenvalue weighted by molar-refractivity contribution is -0.132. The van der Waals surface area contributed by atoms with Gasteiger partial charge in [-0.25, -0.2) is 4.79 Å². The van der Waals surface area contributed by atoms with Gasteiger partial charge in [-0.05, 0) is 19.4 Å². The Morgan fingerprint density at radius 3 is 3.00 bits per heavy atom. The van der Waals surface area contributed by atoms with Crippen LogP contribution in [0.5, 0.6) is 0 Å². The van der Waals surface area contributed by atoms with Gasteiger partial charge in [-0.1, -0.05) is 17.9 Å². The number of allylic oxidation sites excluding steroid dienone is 3. The molecule has 0 spiro atoms. The summed E-state index contributed by atoms with van der Waals surface area (Å²) in [5.41, 5.74) is 2.62. The molecule has 2 nitrogen and oxygen atoms in total. The fraction of sp³-hybridized carbons (Fsp3) is 0.200. The number of carbonyl (C=O) groups is 1. The molecule has 0 aliphatic rings. The lowest BCUT2D eigenvalue weighted by Crippen LogP contribution is -1.92. The molecule has 2 heteroatoms. The van der Waals surface area contributed by atoms with Crippen molar-refractivity contribution in [3.8, 4) is 0 Å². The van der Waals surface area contributed by atoms with Gasteiger partial charge in [0.1, 0.15) is 6.26 Å². The average molecular weight is 164 g/mol. The molecule has 0 aliphatic carbocycles. The maximum absolute atomic E-state index is 10.8. The van der Waals surface area contributed by atoms with Gasteiger partial charge < -0.3 is 4.74 Å². The second-order valence-electron chi connectivity index (χ2n) is 1.94. The van der Waals surface area contributed by atoms with Crippen molar-refractivity contribution in [3.63, 3.8) is 0 Å². The molecule has 12 heavy (non-hydrogen) atoms. The third kappa shape index (κ3) is 6.59. The van der Waals surface area contributed by atoms with Crippen LogP contribution in [-0.4, -0.2) is 5.97 Å². The highest BCUT2D eigenvalue weighted by molar-refractivity contribution is 5.82. The highest BCUT2D eigenvalue weighted by atomic mass is 16.5. The van der Waals surface area contributed by atoms with Crippen LogP contribution < -0.4 is 0 Å². The molecule has 0 N–H and O–H groups in total. The smallest absolute Gasteiger partial charge is 0.335 e. The van der Waals surface area contributed by atoms with E-state index in [1.54, 1.807) is 25.2 Å². The molecule has 0 fully saturated rings. The maximum Gasteiger partial charge on any atom is 0.335 e. The van der Waals surface area contributed by atoms with Crippen LogP contribution >= 0.6 is 0 Å². The fourth-order valence-corrected chi connectivity index (χ4v) is 0.460. The van der Waals surface area contributed by atoms with Gasteiger partial charge >= 0.3 is 5.97 Å². The molecule has 0 rings (SSSR count). The minimum Gasteiger partial charge on any atom is -0.423 e. The van der Waals surface area contributed by atoms with Gasteiger partial charge in [-0.15, -0.1) is 6.58 Å². The number of ether oxygens (including phenoxy) is 1. The standard InChI is InChI=1S/C10H12O2/c1-3-5-7-8-10(11)12-9-6-4-2/h3-4,7-9H,1,5H2,2H3. The van der Waals surface area contributed by atoms with Crippen molar-refractivity contribution in [2.24, 2.45) is 0 Å². The zero-order valence-corrected chi connectivity index (χ0v) is 7.12. The molecule has 0 unspecified atom stereocenters. The van der Waals surface area contributed by atoms with E-state index in [9.17, 15) is 4.79 Å². The van der Waals surface area contributed by atoms with E-state index in [4.69, 9.17) is 0 Å². The number of hydrogen-bond acceptors (Lipinski definition) is 2. The largest absolute Gasteiger partial charge is 0.423 e. The van der Waals surface area contributed by atoms with Crippen LogP contribution in [0.25, 0.3) is 0 Å². The molecular weight excluding hydrogens is 152 g/mol. The van der Waals surface area contributed by atoms with E-state index in [0.717, 1.165) is 0 Å². The molecule has 0 atom stereocenters. The van der Waals surface area contributed by atoms with Gasteiger partial charge in [0.25, 0.3) is 0 Å².